The largest absolute Gasteiger partial charge is 0.313 e. The predicted octanol–water partition coefficient (Wildman–Crippen LogP) is 4.40. The molecule has 1 amide bonds. The molecule has 3 heterocycles. The maximum Gasteiger partial charge on any atom is 0.270 e. The van der Waals surface area contributed by atoms with Gasteiger partial charge in [0.25, 0.3) is 11.6 Å². The molecule has 0 saturated heterocycles. The van der Waals surface area contributed by atoms with E-state index >= 15 is 0 Å². The van der Waals surface area contributed by atoms with Crippen molar-refractivity contribution >= 4 is 39.4 Å². The van der Waals surface area contributed by atoms with Gasteiger partial charge in [-0.1, -0.05) is 18.2 Å². The highest BCUT2D eigenvalue weighted by molar-refractivity contribution is 7.13. The van der Waals surface area contributed by atoms with Gasteiger partial charge < -0.3 is 4.40 Å². The first-order valence-corrected chi connectivity index (χ1v) is 9.87. The van der Waals surface area contributed by atoms with Crippen LogP contribution in [0.3, 0.4) is 0 Å². The first kappa shape index (κ1) is 19.5. The van der Waals surface area contributed by atoms with E-state index in [1.807, 2.05) is 12.3 Å². The Balaban J connectivity index is 1.82. The molecular weight excluding hydrogens is 404 g/mol. The number of ketones is 1. The topological polar surface area (TPSA) is 107 Å². The molecule has 0 aliphatic rings. The molecule has 30 heavy (non-hydrogen) atoms. The van der Waals surface area contributed by atoms with Crippen LogP contribution >= 0.6 is 11.3 Å². The molecule has 4 aromatic rings. The molecule has 3 aromatic heterocycles. The normalized spacial score (nSPS) is 10.9. The fourth-order valence-corrected chi connectivity index (χ4v) is 4.05. The summed E-state index contributed by atoms with van der Waals surface area (Å²) in [6, 6.07) is 10.8. The van der Waals surface area contributed by atoms with E-state index in [4.69, 9.17) is 0 Å². The Morgan fingerprint density at radius 1 is 1.17 bits per heavy atom. The van der Waals surface area contributed by atoms with Crippen molar-refractivity contribution in [2.24, 2.45) is 0 Å². The van der Waals surface area contributed by atoms with Crippen molar-refractivity contribution in [2.75, 3.05) is 5.32 Å². The average molecular weight is 420 g/mol. The summed E-state index contributed by atoms with van der Waals surface area (Å²) in [5, 5.41) is 16.2. The molecule has 4 rings (SSSR count). The lowest BCUT2D eigenvalue weighted by Crippen LogP contribution is -2.13. The zero-order valence-corrected chi connectivity index (χ0v) is 16.9. The number of pyridine rings is 1. The summed E-state index contributed by atoms with van der Waals surface area (Å²) in [6.45, 7) is 3.53. The average Bonchev–Trinajstić information content (AvgIpc) is 3.26. The van der Waals surface area contributed by atoms with Crippen molar-refractivity contribution < 1.29 is 14.5 Å². The van der Waals surface area contributed by atoms with E-state index in [-0.39, 0.29) is 22.9 Å². The van der Waals surface area contributed by atoms with Crippen LogP contribution in [0.2, 0.25) is 0 Å². The summed E-state index contributed by atoms with van der Waals surface area (Å²) in [5.41, 5.74) is 2.51. The number of thiazole rings is 1. The van der Waals surface area contributed by atoms with E-state index in [0.717, 1.165) is 5.69 Å². The number of aryl methyl sites for hydroxylation is 1. The van der Waals surface area contributed by atoms with Crippen LogP contribution in [0.25, 0.3) is 5.52 Å². The van der Waals surface area contributed by atoms with Gasteiger partial charge in [-0.25, -0.2) is 4.98 Å². The fourth-order valence-electron chi connectivity index (χ4n) is 3.37. The smallest absolute Gasteiger partial charge is 0.270 e. The molecular formula is C21H16N4O4S. The minimum Gasteiger partial charge on any atom is -0.313 e. The molecule has 0 aliphatic heterocycles. The number of non-ortho nitro benzene ring substituents is 1. The molecule has 9 heteroatoms. The fraction of sp³-hybridized carbons (Fsp3) is 0.0952. The minimum absolute atomic E-state index is 0.170. The molecule has 0 spiro atoms. The third-order valence-electron chi connectivity index (χ3n) is 4.69. The van der Waals surface area contributed by atoms with Gasteiger partial charge >= 0.3 is 0 Å². The van der Waals surface area contributed by atoms with E-state index in [9.17, 15) is 19.7 Å². The predicted molar refractivity (Wildman–Crippen MR) is 113 cm³/mol. The molecule has 0 radical (unpaired) electrons. The van der Waals surface area contributed by atoms with E-state index in [0.29, 0.717) is 21.8 Å². The number of nitro benzene ring substituents is 1. The number of rotatable bonds is 5. The van der Waals surface area contributed by atoms with E-state index in [1.54, 1.807) is 35.7 Å². The Labute approximate surface area is 175 Å². The third kappa shape index (κ3) is 3.35. The number of carbonyl (C=O) groups excluding carboxylic acids is 2. The second kappa shape index (κ2) is 7.53. The zero-order chi connectivity index (χ0) is 21.4. The maximum absolute atomic E-state index is 13.3. The van der Waals surface area contributed by atoms with Crippen molar-refractivity contribution in [2.45, 2.75) is 13.8 Å². The van der Waals surface area contributed by atoms with E-state index in [1.165, 1.54) is 35.6 Å². The number of nitrogens with zero attached hydrogens (tertiary/aromatic N) is 3. The Kier molecular flexibility index (Phi) is 4.88. The van der Waals surface area contributed by atoms with Crippen LogP contribution < -0.4 is 5.32 Å². The van der Waals surface area contributed by atoms with Gasteiger partial charge in [-0.3, -0.25) is 25.0 Å². The highest BCUT2D eigenvalue weighted by Gasteiger charge is 2.26. The molecule has 0 aliphatic carbocycles. The quantitative estimate of drug-likeness (QED) is 0.292. The van der Waals surface area contributed by atoms with Crippen molar-refractivity contribution in [3.63, 3.8) is 0 Å². The van der Waals surface area contributed by atoms with Crippen molar-refractivity contribution in [1.29, 1.82) is 0 Å². The molecule has 0 saturated carbocycles. The summed E-state index contributed by atoms with van der Waals surface area (Å²) in [6.07, 6.45) is 1.69. The zero-order valence-electron chi connectivity index (χ0n) is 16.1. The SMILES string of the molecule is Cc1csc(NC(=O)c2c(C)c(C(=O)c3cccc([N+](=O)[O-])c3)n3ccccc23)n1. The van der Waals surface area contributed by atoms with Gasteiger partial charge in [0.15, 0.2) is 5.13 Å². The van der Waals surface area contributed by atoms with Crippen molar-refractivity contribution in [3.8, 4) is 0 Å². The maximum atomic E-state index is 13.3. The summed E-state index contributed by atoms with van der Waals surface area (Å²) < 4.78 is 1.64. The molecule has 150 valence electrons. The Morgan fingerprint density at radius 3 is 2.67 bits per heavy atom. The summed E-state index contributed by atoms with van der Waals surface area (Å²) in [7, 11) is 0. The number of fused-ring (bicyclic) bond motifs is 1. The number of anilines is 1. The lowest BCUT2D eigenvalue weighted by atomic mass is 10.0. The number of benzene rings is 1. The Hall–Kier alpha value is -3.85. The first-order valence-electron chi connectivity index (χ1n) is 8.99. The second-order valence-corrected chi connectivity index (χ2v) is 7.55. The van der Waals surface area contributed by atoms with E-state index in [2.05, 4.69) is 10.3 Å². The molecule has 0 fully saturated rings. The van der Waals surface area contributed by atoms with Crippen molar-refractivity contribution in [1.82, 2.24) is 9.38 Å². The molecule has 1 aromatic carbocycles. The number of amides is 1. The van der Waals surface area contributed by atoms with Crippen molar-refractivity contribution in [3.05, 3.63) is 92.2 Å². The third-order valence-corrected chi connectivity index (χ3v) is 5.56. The van der Waals surface area contributed by atoms with Gasteiger partial charge in [0, 0.05) is 29.3 Å². The van der Waals surface area contributed by atoms with Crippen LogP contribution in [0.5, 0.6) is 0 Å². The highest BCUT2D eigenvalue weighted by Crippen LogP contribution is 2.28. The van der Waals surface area contributed by atoms with Crippen LogP contribution in [-0.4, -0.2) is 26.0 Å². The molecule has 8 nitrogen and oxygen atoms in total. The standard InChI is InChI=1S/C21H16N4O4S/c1-12-11-30-21(22-12)23-20(27)17-13(2)18(24-9-4-3-8-16(17)24)19(26)14-6-5-7-15(10-14)25(28)29/h3-11H,1-2H3,(H,22,23,27). The summed E-state index contributed by atoms with van der Waals surface area (Å²) >= 11 is 1.32. The second-order valence-electron chi connectivity index (χ2n) is 6.69. The Morgan fingerprint density at radius 2 is 1.97 bits per heavy atom. The van der Waals surface area contributed by atoms with Gasteiger partial charge in [-0.05, 0) is 31.5 Å². The Bertz CT molecular complexity index is 1320. The van der Waals surface area contributed by atoms with Gasteiger partial charge in [0.05, 0.1) is 27.4 Å². The molecule has 1 N–H and O–H groups in total. The van der Waals surface area contributed by atoms with Crippen LogP contribution in [-0.2, 0) is 0 Å². The summed E-state index contributed by atoms with van der Waals surface area (Å²) in [4.78, 5) is 41.1. The lowest BCUT2D eigenvalue weighted by molar-refractivity contribution is -0.384. The lowest BCUT2D eigenvalue weighted by Gasteiger charge is -2.04. The number of carbonyl (C=O) groups is 2. The number of nitrogens with one attached hydrogen (secondary N) is 1. The highest BCUT2D eigenvalue weighted by atomic mass is 32.1. The number of hydrogen-bond acceptors (Lipinski definition) is 6. The number of hydrogen-bond donors (Lipinski definition) is 1. The summed E-state index contributed by atoms with van der Waals surface area (Å²) in [5.74, 6) is -0.773. The van der Waals surface area contributed by atoms with Crippen LogP contribution in [0, 0.1) is 24.0 Å². The number of nitro groups is 1. The van der Waals surface area contributed by atoms with Crippen LogP contribution in [0.15, 0.2) is 54.0 Å². The minimum atomic E-state index is -0.547. The molecule has 0 unspecified atom stereocenters. The molecule has 0 bridgehead atoms. The van der Waals surface area contributed by atoms with E-state index < -0.39 is 10.7 Å². The van der Waals surface area contributed by atoms with Gasteiger partial charge in [-0.15, -0.1) is 11.3 Å². The van der Waals surface area contributed by atoms with Gasteiger partial charge in [0.2, 0.25) is 5.78 Å². The monoisotopic (exact) mass is 420 g/mol. The van der Waals surface area contributed by atoms with Crippen LogP contribution in [0.4, 0.5) is 10.8 Å². The number of aromatic nitrogens is 2. The molecule has 0 atom stereocenters. The van der Waals surface area contributed by atoms with Gasteiger partial charge in [-0.2, -0.15) is 0 Å². The van der Waals surface area contributed by atoms with Crippen LogP contribution in [0.1, 0.15) is 37.7 Å². The first-order chi connectivity index (χ1) is 14.4. The van der Waals surface area contributed by atoms with Gasteiger partial charge in [0.1, 0.15) is 0 Å².